The summed E-state index contributed by atoms with van der Waals surface area (Å²) < 4.78 is 34.3. The van der Waals surface area contributed by atoms with E-state index < -0.39 is 12.1 Å². The summed E-state index contributed by atoms with van der Waals surface area (Å²) in [6.07, 6.45) is 0.525. The zero-order valence-electron chi connectivity index (χ0n) is 19.7. The Kier molecular flexibility index (Phi) is 9.25. The molecule has 0 aliphatic carbocycles. The first-order chi connectivity index (χ1) is 15.9. The van der Waals surface area contributed by atoms with Gasteiger partial charge in [-0.3, -0.25) is 9.18 Å². The summed E-state index contributed by atoms with van der Waals surface area (Å²) in [5.74, 6) is 0.0996. The average Bonchev–Trinajstić information content (AvgIpc) is 2.76. The monoisotopic (exact) mass is 469 g/mol. The lowest BCUT2D eigenvalue weighted by molar-refractivity contribution is -0.153. The number of hydrogen-bond donors (Lipinski definition) is 2. The highest BCUT2D eigenvalue weighted by Crippen LogP contribution is 2.34. The minimum absolute atomic E-state index is 0.0409. The maximum absolute atomic E-state index is 12.9. The number of hydrogen-bond acceptors (Lipinski definition) is 8. The molecule has 0 saturated carbocycles. The van der Waals surface area contributed by atoms with Crippen LogP contribution in [0.25, 0.3) is 0 Å². The van der Waals surface area contributed by atoms with E-state index in [0.717, 1.165) is 5.69 Å². The number of nitrogens with zero attached hydrogens (tertiary/aromatic N) is 2. The predicted molar refractivity (Wildman–Crippen MR) is 121 cm³/mol. The van der Waals surface area contributed by atoms with Crippen molar-refractivity contribution in [2.45, 2.75) is 32.4 Å². The van der Waals surface area contributed by atoms with Crippen molar-refractivity contribution in [3.8, 4) is 5.88 Å². The van der Waals surface area contributed by atoms with Crippen LogP contribution < -0.4 is 15.0 Å². The highest BCUT2D eigenvalue weighted by molar-refractivity contribution is 5.93. The van der Waals surface area contributed by atoms with Crippen LogP contribution in [0.3, 0.4) is 0 Å². The van der Waals surface area contributed by atoms with Crippen molar-refractivity contribution in [1.29, 1.82) is 0 Å². The molecule has 0 bridgehead atoms. The molecule has 2 aliphatic heterocycles. The summed E-state index contributed by atoms with van der Waals surface area (Å²) in [7, 11) is 1.68. The van der Waals surface area contributed by atoms with E-state index in [1.807, 2.05) is 19.9 Å². The summed E-state index contributed by atoms with van der Waals surface area (Å²) >= 11 is 0. The van der Waals surface area contributed by atoms with Crippen LogP contribution in [-0.2, 0) is 14.2 Å². The van der Waals surface area contributed by atoms with E-state index in [9.17, 15) is 14.3 Å². The molecule has 2 fully saturated rings. The molecule has 33 heavy (non-hydrogen) atoms. The standard InChI is InChI=1S/C23H36FN3O6/c1-16(11-31-8-4-7-24)17(2)25-21(29)19-5-6-20(27-9-18(10-27)30-3)22(26-19)33-15-23(12-28)13-32-14-23/h5-6,16-18,28H,4,7-15H2,1-3H3,(H,25,29)/t16?,17-/m0/s1. The number of aliphatic hydroxyl groups is 1. The van der Waals surface area contributed by atoms with Crippen molar-refractivity contribution in [2.24, 2.45) is 11.3 Å². The number of aliphatic hydroxyl groups excluding tert-OH is 1. The quantitative estimate of drug-likeness (QED) is 0.395. The van der Waals surface area contributed by atoms with Gasteiger partial charge in [0.15, 0.2) is 0 Å². The molecule has 2 N–H and O–H groups in total. The number of carbonyl (C=O) groups excluding carboxylic acids is 1. The van der Waals surface area contributed by atoms with E-state index in [-0.39, 0.29) is 42.9 Å². The first-order valence-corrected chi connectivity index (χ1v) is 11.5. The summed E-state index contributed by atoms with van der Waals surface area (Å²) in [4.78, 5) is 19.5. The van der Waals surface area contributed by atoms with Crippen LogP contribution in [0.15, 0.2) is 12.1 Å². The second kappa shape index (κ2) is 11.9. The second-order valence-corrected chi connectivity index (χ2v) is 9.08. The molecule has 10 heteroatoms. The van der Waals surface area contributed by atoms with E-state index >= 15 is 0 Å². The molecule has 1 aromatic heterocycles. The summed E-state index contributed by atoms with van der Waals surface area (Å²) in [6.45, 7) is 6.76. The maximum Gasteiger partial charge on any atom is 0.270 e. The number of methoxy groups -OCH3 is 1. The molecular weight excluding hydrogens is 433 g/mol. The van der Waals surface area contributed by atoms with Crippen LogP contribution in [0.2, 0.25) is 0 Å². The molecule has 3 rings (SSSR count). The van der Waals surface area contributed by atoms with Gasteiger partial charge in [-0.05, 0) is 31.4 Å². The second-order valence-electron chi connectivity index (χ2n) is 9.08. The topological polar surface area (TPSA) is 102 Å². The molecule has 9 nitrogen and oxygen atoms in total. The minimum Gasteiger partial charge on any atom is -0.475 e. The molecule has 1 unspecified atom stereocenters. The number of halogens is 1. The molecule has 0 spiro atoms. The molecule has 2 saturated heterocycles. The van der Waals surface area contributed by atoms with Gasteiger partial charge in [-0.15, -0.1) is 0 Å². The largest absolute Gasteiger partial charge is 0.475 e. The van der Waals surface area contributed by atoms with E-state index in [0.29, 0.717) is 51.8 Å². The van der Waals surface area contributed by atoms with Crippen molar-refractivity contribution in [2.75, 3.05) is 71.4 Å². The van der Waals surface area contributed by atoms with Gasteiger partial charge in [-0.2, -0.15) is 0 Å². The lowest BCUT2D eigenvalue weighted by Gasteiger charge is -2.41. The number of nitrogens with one attached hydrogen (secondary N) is 1. The van der Waals surface area contributed by atoms with E-state index in [4.69, 9.17) is 18.9 Å². The zero-order valence-corrected chi connectivity index (χ0v) is 19.7. The fraction of sp³-hybridized carbons (Fsp3) is 0.739. The number of alkyl halides is 1. The zero-order chi connectivity index (χ0) is 23.8. The molecule has 186 valence electrons. The Morgan fingerprint density at radius 1 is 1.39 bits per heavy atom. The maximum atomic E-state index is 12.9. The van der Waals surface area contributed by atoms with Gasteiger partial charge in [0, 0.05) is 32.8 Å². The minimum atomic E-state index is -0.437. The van der Waals surface area contributed by atoms with Crippen LogP contribution in [0.1, 0.15) is 30.8 Å². The molecule has 2 aliphatic rings. The van der Waals surface area contributed by atoms with Crippen molar-refractivity contribution in [3.05, 3.63) is 17.8 Å². The van der Waals surface area contributed by atoms with Gasteiger partial charge in [0.25, 0.3) is 5.91 Å². The Bertz CT molecular complexity index is 767. The van der Waals surface area contributed by atoms with Crippen LogP contribution in [0.5, 0.6) is 5.88 Å². The van der Waals surface area contributed by atoms with Gasteiger partial charge in [-0.25, -0.2) is 4.98 Å². The van der Waals surface area contributed by atoms with E-state index in [2.05, 4.69) is 15.2 Å². The molecule has 3 heterocycles. The fourth-order valence-corrected chi connectivity index (χ4v) is 3.52. The van der Waals surface area contributed by atoms with Gasteiger partial charge in [-0.1, -0.05) is 6.92 Å². The van der Waals surface area contributed by atoms with Crippen LogP contribution in [0, 0.1) is 11.3 Å². The number of ether oxygens (including phenoxy) is 4. The first-order valence-electron chi connectivity index (χ1n) is 11.5. The SMILES string of the molecule is COC1CN(c2ccc(C(=O)N[C@@H](C)C(C)COCCCF)nc2OCC2(CO)COC2)C1. The number of aromatic nitrogens is 1. The summed E-state index contributed by atoms with van der Waals surface area (Å²) in [6, 6.07) is 3.36. The van der Waals surface area contributed by atoms with E-state index in [1.165, 1.54) is 0 Å². The molecule has 1 amide bonds. The Balaban J connectivity index is 1.65. The average molecular weight is 470 g/mol. The van der Waals surface area contributed by atoms with Crippen molar-refractivity contribution >= 4 is 11.6 Å². The van der Waals surface area contributed by atoms with Crippen molar-refractivity contribution in [3.63, 3.8) is 0 Å². The molecule has 1 aromatic rings. The third-order valence-corrected chi connectivity index (χ3v) is 6.28. The number of anilines is 1. The van der Waals surface area contributed by atoms with Crippen LogP contribution in [-0.4, -0.2) is 94.7 Å². The van der Waals surface area contributed by atoms with Gasteiger partial charge >= 0.3 is 0 Å². The molecule has 2 atom stereocenters. The number of pyridine rings is 1. The van der Waals surface area contributed by atoms with Gasteiger partial charge in [0.05, 0.1) is 44.6 Å². The highest BCUT2D eigenvalue weighted by Gasteiger charge is 2.40. The smallest absolute Gasteiger partial charge is 0.270 e. The number of carbonyl (C=O) groups is 1. The van der Waals surface area contributed by atoms with Crippen molar-refractivity contribution in [1.82, 2.24) is 10.3 Å². The van der Waals surface area contributed by atoms with Gasteiger partial charge < -0.3 is 34.3 Å². The van der Waals surface area contributed by atoms with Crippen LogP contribution in [0.4, 0.5) is 10.1 Å². The highest BCUT2D eigenvalue weighted by atomic mass is 19.1. The van der Waals surface area contributed by atoms with Crippen molar-refractivity contribution < 1.29 is 33.2 Å². The van der Waals surface area contributed by atoms with Crippen LogP contribution >= 0.6 is 0 Å². The summed E-state index contributed by atoms with van der Waals surface area (Å²) in [5.41, 5.74) is 0.599. The molecular formula is C23H36FN3O6. The Morgan fingerprint density at radius 2 is 2.15 bits per heavy atom. The predicted octanol–water partition coefficient (Wildman–Crippen LogP) is 1.43. The Hall–Kier alpha value is -2.01. The molecule has 0 aromatic carbocycles. The Labute approximate surface area is 194 Å². The van der Waals surface area contributed by atoms with E-state index in [1.54, 1.807) is 13.2 Å². The third kappa shape index (κ3) is 6.53. The third-order valence-electron chi connectivity index (χ3n) is 6.28. The number of rotatable bonds is 14. The lowest BCUT2D eigenvalue weighted by atomic mass is 9.88. The fourth-order valence-electron chi connectivity index (χ4n) is 3.52. The number of amides is 1. The Morgan fingerprint density at radius 3 is 2.76 bits per heavy atom. The normalized spacial score (nSPS) is 19.4. The summed E-state index contributed by atoms with van der Waals surface area (Å²) in [5, 5.41) is 12.7. The van der Waals surface area contributed by atoms with Gasteiger partial charge in [0.1, 0.15) is 18.0 Å². The molecule has 0 radical (unpaired) electrons. The lowest BCUT2D eigenvalue weighted by Crippen LogP contribution is -2.52. The van der Waals surface area contributed by atoms with Gasteiger partial charge in [0.2, 0.25) is 5.88 Å². The first kappa shape index (κ1) is 25.6.